The summed E-state index contributed by atoms with van der Waals surface area (Å²) in [5, 5.41) is 3.41. The molecule has 3 heterocycles. The van der Waals surface area contributed by atoms with Gasteiger partial charge in [-0.15, -0.1) is 0 Å². The number of ether oxygens (including phenoxy) is 1. The molecule has 0 aliphatic carbocycles. The number of likely N-dealkylation sites (tertiary alicyclic amines) is 1. The summed E-state index contributed by atoms with van der Waals surface area (Å²) in [6.07, 6.45) is 5.83. The van der Waals surface area contributed by atoms with Crippen molar-refractivity contribution in [3.63, 3.8) is 0 Å². The van der Waals surface area contributed by atoms with E-state index in [4.69, 9.17) is 9.72 Å². The molecule has 1 aromatic heterocycles. The van der Waals surface area contributed by atoms with E-state index in [0.29, 0.717) is 12.0 Å². The number of carbonyl (C=O) groups excluding carboxylic acids is 1. The number of nitrogens with zero attached hydrogens (tertiary/aromatic N) is 4. The summed E-state index contributed by atoms with van der Waals surface area (Å²) in [7, 11) is 0. The molecule has 184 valence electrons. The SMILES string of the molecule is Cc1cc(C)cc(CNc2ncc3c(n2)CCCN(C2CCN(C(=O)OC(C)(C)C)CC2)C3)c1. The van der Waals surface area contributed by atoms with Crippen LogP contribution in [0, 0.1) is 13.8 Å². The maximum Gasteiger partial charge on any atom is 0.410 e. The fraction of sp³-hybridized carbons (Fsp3) is 0.593. The Morgan fingerprint density at radius 1 is 1.12 bits per heavy atom. The predicted molar refractivity (Wildman–Crippen MR) is 135 cm³/mol. The zero-order valence-corrected chi connectivity index (χ0v) is 21.4. The van der Waals surface area contributed by atoms with Gasteiger partial charge in [0, 0.05) is 44.0 Å². The van der Waals surface area contributed by atoms with E-state index < -0.39 is 5.60 Å². The number of fused-ring (bicyclic) bond motifs is 1. The molecule has 0 atom stereocenters. The second-order valence-corrected chi connectivity index (χ2v) is 10.8. The Balaban J connectivity index is 1.33. The average Bonchev–Trinajstić information content (AvgIpc) is 2.98. The third kappa shape index (κ3) is 6.47. The molecular formula is C27H39N5O2. The largest absolute Gasteiger partial charge is 0.444 e. The standard InChI is InChI=1S/C27H39N5O2/c1-19-13-20(2)15-21(14-19)16-28-25-29-17-22-18-32(10-6-7-24(22)30-25)23-8-11-31(12-9-23)26(33)34-27(3,4)5/h13-15,17,23H,6-12,16,18H2,1-5H3,(H,28,29,30). The van der Waals surface area contributed by atoms with Gasteiger partial charge in [0.1, 0.15) is 5.60 Å². The van der Waals surface area contributed by atoms with Gasteiger partial charge in [-0.1, -0.05) is 29.3 Å². The van der Waals surface area contributed by atoms with Crippen LogP contribution in [0.5, 0.6) is 0 Å². The van der Waals surface area contributed by atoms with Gasteiger partial charge in [-0.25, -0.2) is 14.8 Å². The maximum atomic E-state index is 12.4. The minimum atomic E-state index is -0.449. The topological polar surface area (TPSA) is 70.6 Å². The first-order valence-corrected chi connectivity index (χ1v) is 12.5. The van der Waals surface area contributed by atoms with Crippen LogP contribution in [0.2, 0.25) is 0 Å². The van der Waals surface area contributed by atoms with Gasteiger partial charge < -0.3 is 15.0 Å². The molecule has 0 radical (unpaired) electrons. The number of benzene rings is 1. The Morgan fingerprint density at radius 2 is 1.82 bits per heavy atom. The summed E-state index contributed by atoms with van der Waals surface area (Å²) in [6.45, 7) is 14.2. The Kier molecular flexibility index (Phi) is 7.41. The number of amides is 1. The number of nitrogens with one attached hydrogen (secondary N) is 1. The van der Waals surface area contributed by atoms with Gasteiger partial charge in [0.2, 0.25) is 5.95 Å². The van der Waals surface area contributed by atoms with E-state index in [0.717, 1.165) is 64.1 Å². The highest BCUT2D eigenvalue weighted by molar-refractivity contribution is 5.68. The summed E-state index contributed by atoms with van der Waals surface area (Å²) in [4.78, 5) is 26.3. The molecule has 4 rings (SSSR count). The molecule has 2 aromatic rings. The van der Waals surface area contributed by atoms with Crippen molar-refractivity contribution in [3.8, 4) is 0 Å². The maximum absolute atomic E-state index is 12.4. The van der Waals surface area contributed by atoms with Crippen molar-refractivity contribution in [2.24, 2.45) is 0 Å². The molecule has 0 spiro atoms. The van der Waals surface area contributed by atoms with Crippen molar-refractivity contribution in [1.29, 1.82) is 0 Å². The normalized spacial score (nSPS) is 17.7. The summed E-state index contributed by atoms with van der Waals surface area (Å²) < 4.78 is 5.55. The van der Waals surface area contributed by atoms with Crippen molar-refractivity contribution >= 4 is 12.0 Å². The number of piperidine rings is 1. The van der Waals surface area contributed by atoms with Crippen molar-refractivity contribution in [2.75, 3.05) is 25.0 Å². The minimum Gasteiger partial charge on any atom is -0.444 e. The van der Waals surface area contributed by atoms with Crippen molar-refractivity contribution in [1.82, 2.24) is 19.8 Å². The Morgan fingerprint density at radius 3 is 2.50 bits per heavy atom. The van der Waals surface area contributed by atoms with Crippen LogP contribution in [0.4, 0.5) is 10.7 Å². The highest BCUT2D eigenvalue weighted by Crippen LogP contribution is 2.25. The number of hydrogen-bond donors (Lipinski definition) is 1. The molecule has 0 unspecified atom stereocenters. The molecule has 7 nitrogen and oxygen atoms in total. The van der Waals surface area contributed by atoms with Crippen LogP contribution < -0.4 is 5.32 Å². The molecule has 1 N–H and O–H groups in total. The van der Waals surface area contributed by atoms with Crippen molar-refractivity contribution in [2.45, 2.75) is 85.0 Å². The van der Waals surface area contributed by atoms with Crippen LogP contribution in [-0.4, -0.2) is 57.1 Å². The molecule has 1 amide bonds. The van der Waals surface area contributed by atoms with Gasteiger partial charge in [0.25, 0.3) is 0 Å². The lowest BCUT2D eigenvalue weighted by molar-refractivity contribution is 0.0138. The first-order chi connectivity index (χ1) is 16.2. The molecule has 1 saturated heterocycles. The Hall–Kier alpha value is -2.67. The van der Waals surface area contributed by atoms with Gasteiger partial charge in [-0.2, -0.15) is 0 Å². The summed E-state index contributed by atoms with van der Waals surface area (Å²) in [6, 6.07) is 7.08. The molecule has 1 aromatic carbocycles. The van der Waals surface area contributed by atoms with Crippen LogP contribution in [0.15, 0.2) is 24.4 Å². The summed E-state index contributed by atoms with van der Waals surface area (Å²) in [5.74, 6) is 0.706. The second kappa shape index (κ2) is 10.3. The molecule has 1 fully saturated rings. The fourth-order valence-corrected chi connectivity index (χ4v) is 5.03. The molecule has 34 heavy (non-hydrogen) atoms. The van der Waals surface area contributed by atoms with Crippen LogP contribution in [0.3, 0.4) is 0 Å². The van der Waals surface area contributed by atoms with E-state index in [1.807, 2.05) is 31.9 Å². The zero-order valence-electron chi connectivity index (χ0n) is 21.4. The molecular weight excluding hydrogens is 426 g/mol. The number of carbonyl (C=O) groups is 1. The lowest BCUT2D eigenvalue weighted by atomic mass is 10.0. The molecule has 7 heteroatoms. The summed E-state index contributed by atoms with van der Waals surface area (Å²) >= 11 is 0. The first-order valence-electron chi connectivity index (χ1n) is 12.5. The first kappa shape index (κ1) is 24.5. The molecule has 0 saturated carbocycles. The van der Waals surface area contributed by atoms with Gasteiger partial charge in [-0.05, 0) is 72.4 Å². The summed E-state index contributed by atoms with van der Waals surface area (Å²) in [5.41, 5.74) is 5.73. The lowest BCUT2D eigenvalue weighted by Gasteiger charge is -2.38. The van der Waals surface area contributed by atoms with Crippen LogP contribution in [0.1, 0.15) is 68.0 Å². The number of aryl methyl sites for hydroxylation is 3. The zero-order chi connectivity index (χ0) is 24.3. The van der Waals surface area contributed by atoms with Crippen LogP contribution in [0.25, 0.3) is 0 Å². The second-order valence-electron chi connectivity index (χ2n) is 10.8. The minimum absolute atomic E-state index is 0.193. The Labute approximate surface area is 203 Å². The number of aromatic nitrogens is 2. The van der Waals surface area contributed by atoms with Crippen LogP contribution in [-0.2, 0) is 24.2 Å². The third-order valence-corrected chi connectivity index (χ3v) is 6.55. The Bertz CT molecular complexity index is 988. The highest BCUT2D eigenvalue weighted by Gasteiger charge is 2.30. The monoisotopic (exact) mass is 465 g/mol. The van der Waals surface area contributed by atoms with E-state index in [1.165, 1.54) is 22.3 Å². The number of hydrogen-bond acceptors (Lipinski definition) is 6. The molecule has 2 aliphatic heterocycles. The number of anilines is 1. The van der Waals surface area contributed by atoms with E-state index >= 15 is 0 Å². The van der Waals surface area contributed by atoms with Crippen molar-refractivity contribution < 1.29 is 9.53 Å². The quantitative estimate of drug-likeness (QED) is 0.696. The molecule has 2 aliphatic rings. The highest BCUT2D eigenvalue weighted by atomic mass is 16.6. The van der Waals surface area contributed by atoms with E-state index in [9.17, 15) is 4.79 Å². The fourth-order valence-electron chi connectivity index (χ4n) is 5.03. The van der Waals surface area contributed by atoms with Gasteiger partial charge in [0.15, 0.2) is 0 Å². The van der Waals surface area contributed by atoms with Gasteiger partial charge in [0.05, 0.1) is 5.69 Å². The van der Waals surface area contributed by atoms with Gasteiger partial charge in [-0.3, -0.25) is 4.90 Å². The van der Waals surface area contributed by atoms with E-state index in [2.05, 4.69) is 47.2 Å². The average molecular weight is 466 g/mol. The third-order valence-electron chi connectivity index (χ3n) is 6.55. The number of rotatable bonds is 4. The van der Waals surface area contributed by atoms with Gasteiger partial charge >= 0.3 is 6.09 Å². The van der Waals surface area contributed by atoms with Crippen molar-refractivity contribution in [3.05, 3.63) is 52.3 Å². The van der Waals surface area contributed by atoms with Crippen LogP contribution >= 0.6 is 0 Å². The molecule has 0 bridgehead atoms. The predicted octanol–water partition coefficient (Wildman–Crippen LogP) is 4.85. The van der Waals surface area contributed by atoms with E-state index in [1.54, 1.807) is 0 Å². The van der Waals surface area contributed by atoms with E-state index in [-0.39, 0.29) is 6.09 Å². The lowest BCUT2D eigenvalue weighted by Crippen LogP contribution is -2.47. The smallest absolute Gasteiger partial charge is 0.410 e.